The number of hydrogen-bond acceptors (Lipinski definition) is 3. The largest absolute Gasteiger partial charge is 0.405 e. The molecule has 0 radical (unpaired) electrons. The number of hydrogen-bond donors (Lipinski definition) is 3. The van der Waals surface area contributed by atoms with Gasteiger partial charge in [0.1, 0.15) is 6.54 Å². The smallest absolute Gasteiger partial charge is 0.349 e. The van der Waals surface area contributed by atoms with E-state index in [4.69, 9.17) is 0 Å². The van der Waals surface area contributed by atoms with E-state index in [-0.39, 0.29) is 11.9 Å². The van der Waals surface area contributed by atoms with Gasteiger partial charge in [0.25, 0.3) is 5.91 Å². The fourth-order valence-electron chi connectivity index (χ4n) is 1.90. The molecule has 26 heavy (non-hydrogen) atoms. The van der Waals surface area contributed by atoms with Crippen molar-refractivity contribution in [3.63, 3.8) is 0 Å². The lowest BCUT2D eigenvalue weighted by Gasteiger charge is -2.08. The van der Waals surface area contributed by atoms with Gasteiger partial charge in [-0.05, 0) is 36.6 Å². The van der Waals surface area contributed by atoms with E-state index in [0.29, 0.717) is 11.1 Å². The molecule has 1 aromatic rings. The molecule has 0 aromatic heterocycles. The molecule has 6 nitrogen and oxygen atoms in total. The van der Waals surface area contributed by atoms with Gasteiger partial charge in [0.15, 0.2) is 0 Å². The van der Waals surface area contributed by atoms with Crippen LogP contribution in [0, 0.1) is 0 Å². The first-order valence-corrected chi connectivity index (χ1v) is 7.93. The zero-order valence-electron chi connectivity index (χ0n) is 13.7. The average molecular weight is 369 g/mol. The standard InChI is InChI=1S/C17H18F3N3O3/c18-17(19,20)10-22-15(25)9-21-14(24)8-3-11-1-4-12(5-2-11)16(26)23-13-6-7-13/h1-5,8,13H,6-7,9-10H2,(H,21,24)(H,22,25)(H,23,26). The van der Waals surface area contributed by atoms with Gasteiger partial charge in [0.2, 0.25) is 11.8 Å². The van der Waals surface area contributed by atoms with E-state index in [9.17, 15) is 27.6 Å². The monoisotopic (exact) mass is 369 g/mol. The topological polar surface area (TPSA) is 87.3 Å². The van der Waals surface area contributed by atoms with Crippen LogP contribution in [-0.4, -0.2) is 43.0 Å². The third kappa shape index (κ3) is 7.37. The van der Waals surface area contributed by atoms with E-state index in [1.165, 1.54) is 6.08 Å². The van der Waals surface area contributed by atoms with Gasteiger partial charge in [-0.15, -0.1) is 0 Å². The summed E-state index contributed by atoms with van der Waals surface area (Å²) in [6.07, 6.45) is 0.106. The Kier molecular flexibility index (Phi) is 6.37. The summed E-state index contributed by atoms with van der Waals surface area (Å²) in [7, 11) is 0. The number of carbonyl (C=O) groups excluding carboxylic acids is 3. The maximum absolute atomic E-state index is 11.9. The van der Waals surface area contributed by atoms with Gasteiger partial charge in [-0.1, -0.05) is 12.1 Å². The van der Waals surface area contributed by atoms with E-state index in [2.05, 4.69) is 10.6 Å². The summed E-state index contributed by atoms with van der Waals surface area (Å²) in [5, 5.41) is 6.68. The summed E-state index contributed by atoms with van der Waals surface area (Å²) in [6, 6.07) is 6.82. The van der Waals surface area contributed by atoms with Crippen LogP contribution >= 0.6 is 0 Å². The van der Waals surface area contributed by atoms with E-state index < -0.39 is 31.1 Å². The van der Waals surface area contributed by atoms with E-state index in [1.807, 2.05) is 0 Å². The second-order valence-electron chi connectivity index (χ2n) is 5.81. The van der Waals surface area contributed by atoms with E-state index in [0.717, 1.165) is 18.9 Å². The minimum Gasteiger partial charge on any atom is -0.349 e. The molecule has 0 spiro atoms. The fraction of sp³-hybridized carbons (Fsp3) is 0.353. The summed E-state index contributed by atoms with van der Waals surface area (Å²) in [6.45, 7) is -2.00. The van der Waals surface area contributed by atoms with Crippen molar-refractivity contribution in [1.82, 2.24) is 16.0 Å². The number of benzene rings is 1. The Hall–Kier alpha value is -2.84. The van der Waals surface area contributed by atoms with E-state index in [1.54, 1.807) is 29.6 Å². The Morgan fingerprint density at radius 2 is 1.73 bits per heavy atom. The Bertz CT molecular complexity index is 695. The summed E-state index contributed by atoms with van der Waals surface area (Å²) in [5.74, 6) is -1.71. The van der Waals surface area contributed by atoms with Gasteiger partial charge in [-0.3, -0.25) is 14.4 Å². The maximum atomic E-state index is 11.9. The lowest BCUT2D eigenvalue weighted by molar-refractivity contribution is -0.138. The highest BCUT2D eigenvalue weighted by Gasteiger charge is 2.27. The van der Waals surface area contributed by atoms with Crippen LogP contribution in [0.5, 0.6) is 0 Å². The molecule has 1 aliphatic carbocycles. The lowest BCUT2D eigenvalue weighted by Crippen LogP contribution is -2.40. The Morgan fingerprint density at radius 1 is 1.08 bits per heavy atom. The minimum atomic E-state index is -4.50. The molecule has 9 heteroatoms. The maximum Gasteiger partial charge on any atom is 0.405 e. The van der Waals surface area contributed by atoms with Crippen molar-refractivity contribution in [3.05, 3.63) is 41.5 Å². The Labute approximate surface area is 147 Å². The molecule has 0 bridgehead atoms. The molecular weight excluding hydrogens is 351 g/mol. The van der Waals surface area contributed by atoms with Crippen LogP contribution in [0.15, 0.2) is 30.3 Å². The van der Waals surface area contributed by atoms with Gasteiger partial charge in [0, 0.05) is 17.7 Å². The number of amides is 3. The van der Waals surface area contributed by atoms with Crippen LogP contribution in [0.2, 0.25) is 0 Å². The highest BCUT2D eigenvalue weighted by molar-refractivity contribution is 5.96. The molecule has 0 atom stereocenters. The molecule has 3 amide bonds. The number of rotatable bonds is 7. The molecule has 3 N–H and O–H groups in total. The normalized spacial score (nSPS) is 14.1. The van der Waals surface area contributed by atoms with E-state index >= 15 is 0 Å². The zero-order valence-corrected chi connectivity index (χ0v) is 13.7. The molecule has 0 aliphatic heterocycles. The van der Waals surface area contributed by atoms with Crippen molar-refractivity contribution >= 4 is 23.8 Å². The molecule has 0 unspecified atom stereocenters. The van der Waals surface area contributed by atoms with Crippen LogP contribution in [0.25, 0.3) is 6.08 Å². The summed E-state index contributed by atoms with van der Waals surface area (Å²) in [4.78, 5) is 34.6. The van der Waals surface area contributed by atoms with Crippen molar-refractivity contribution in [1.29, 1.82) is 0 Å². The molecule has 1 saturated carbocycles. The average Bonchev–Trinajstić information content (AvgIpc) is 3.40. The van der Waals surface area contributed by atoms with Crippen LogP contribution < -0.4 is 16.0 Å². The van der Waals surface area contributed by atoms with Crippen LogP contribution in [-0.2, 0) is 9.59 Å². The number of nitrogens with one attached hydrogen (secondary N) is 3. The fourth-order valence-corrected chi connectivity index (χ4v) is 1.90. The van der Waals surface area contributed by atoms with Crippen molar-refractivity contribution in [2.45, 2.75) is 25.1 Å². The Morgan fingerprint density at radius 3 is 2.31 bits per heavy atom. The molecule has 1 fully saturated rings. The highest BCUT2D eigenvalue weighted by atomic mass is 19.4. The molecule has 1 aliphatic rings. The Balaban J connectivity index is 1.74. The molecule has 0 saturated heterocycles. The third-order valence-corrected chi connectivity index (χ3v) is 3.42. The van der Waals surface area contributed by atoms with Crippen molar-refractivity contribution < 1.29 is 27.6 Å². The van der Waals surface area contributed by atoms with Crippen molar-refractivity contribution in [2.75, 3.05) is 13.1 Å². The second kappa shape index (κ2) is 8.50. The van der Waals surface area contributed by atoms with Gasteiger partial charge in [-0.2, -0.15) is 13.2 Å². The number of carbonyl (C=O) groups is 3. The minimum absolute atomic E-state index is 0.148. The SMILES string of the molecule is O=C(C=Cc1ccc(C(=O)NC2CC2)cc1)NCC(=O)NCC(F)(F)F. The number of halogens is 3. The van der Waals surface area contributed by atoms with Gasteiger partial charge >= 0.3 is 6.18 Å². The zero-order chi connectivity index (χ0) is 19.2. The van der Waals surface area contributed by atoms with Crippen molar-refractivity contribution in [2.24, 2.45) is 0 Å². The summed E-state index contributed by atoms with van der Waals surface area (Å²) in [5.41, 5.74) is 1.17. The first kappa shape index (κ1) is 19.5. The first-order valence-electron chi connectivity index (χ1n) is 7.93. The number of alkyl halides is 3. The van der Waals surface area contributed by atoms with Crippen LogP contribution in [0.3, 0.4) is 0 Å². The molecule has 1 aromatic carbocycles. The van der Waals surface area contributed by atoms with Crippen molar-refractivity contribution in [3.8, 4) is 0 Å². The first-order chi connectivity index (χ1) is 12.2. The predicted octanol–water partition coefficient (Wildman–Crippen LogP) is 1.39. The molecule has 140 valence electrons. The second-order valence-corrected chi connectivity index (χ2v) is 5.81. The third-order valence-electron chi connectivity index (χ3n) is 3.42. The summed E-state index contributed by atoms with van der Waals surface area (Å²) >= 11 is 0. The quantitative estimate of drug-likeness (QED) is 0.635. The highest BCUT2D eigenvalue weighted by Crippen LogP contribution is 2.19. The molecule has 0 heterocycles. The lowest BCUT2D eigenvalue weighted by atomic mass is 10.1. The summed E-state index contributed by atoms with van der Waals surface area (Å²) < 4.78 is 35.8. The predicted molar refractivity (Wildman–Crippen MR) is 88.0 cm³/mol. The molecule has 2 rings (SSSR count). The van der Waals surface area contributed by atoms with Crippen LogP contribution in [0.1, 0.15) is 28.8 Å². The van der Waals surface area contributed by atoms with Gasteiger partial charge < -0.3 is 16.0 Å². The van der Waals surface area contributed by atoms with Gasteiger partial charge in [-0.25, -0.2) is 0 Å². The van der Waals surface area contributed by atoms with Crippen LogP contribution in [0.4, 0.5) is 13.2 Å². The molecular formula is C17H18F3N3O3. The van der Waals surface area contributed by atoms with Gasteiger partial charge in [0.05, 0.1) is 6.54 Å².